The predicted molar refractivity (Wildman–Crippen MR) is 70.5 cm³/mol. The van der Waals surface area contributed by atoms with E-state index in [1.807, 2.05) is 38.1 Å². The highest BCUT2D eigenvalue weighted by molar-refractivity contribution is 9.10. The average Bonchev–Trinajstić information content (AvgIpc) is 2.26. The van der Waals surface area contributed by atoms with Crippen LogP contribution in [0.15, 0.2) is 28.7 Å². The Morgan fingerprint density at radius 2 is 2.19 bits per heavy atom. The fourth-order valence-corrected chi connectivity index (χ4v) is 1.70. The SMILES string of the molecule is CC(C)(CCl)C(=O)NCc1cccc(Br)c1. The quantitative estimate of drug-likeness (QED) is 0.849. The van der Waals surface area contributed by atoms with Crippen LogP contribution in [0.3, 0.4) is 0 Å². The van der Waals surface area contributed by atoms with Crippen molar-refractivity contribution < 1.29 is 4.79 Å². The molecular weight excluding hydrogens is 289 g/mol. The number of amides is 1. The first-order valence-electron chi connectivity index (χ1n) is 5.04. The van der Waals surface area contributed by atoms with Crippen LogP contribution >= 0.6 is 27.5 Å². The Morgan fingerprint density at radius 1 is 1.50 bits per heavy atom. The molecule has 0 heterocycles. The number of rotatable bonds is 4. The molecule has 1 rings (SSSR count). The molecule has 0 bridgehead atoms. The zero-order valence-corrected chi connectivity index (χ0v) is 11.7. The van der Waals surface area contributed by atoms with Crippen molar-refractivity contribution in [2.45, 2.75) is 20.4 Å². The first-order valence-corrected chi connectivity index (χ1v) is 6.37. The average molecular weight is 305 g/mol. The summed E-state index contributed by atoms with van der Waals surface area (Å²) >= 11 is 9.12. The molecule has 0 radical (unpaired) electrons. The maximum atomic E-state index is 11.7. The molecule has 0 spiro atoms. The molecule has 0 aromatic heterocycles. The molecule has 0 aliphatic heterocycles. The highest BCUT2D eigenvalue weighted by Crippen LogP contribution is 2.17. The lowest BCUT2D eigenvalue weighted by atomic mass is 9.95. The molecule has 0 saturated carbocycles. The Balaban J connectivity index is 2.56. The molecule has 0 atom stereocenters. The van der Waals surface area contributed by atoms with Gasteiger partial charge in [0.1, 0.15) is 0 Å². The molecular formula is C12H15BrClNO. The standard InChI is InChI=1S/C12H15BrClNO/c1-12(2,8-14)11(16)15-7-9-4-3-5-10(13)6-9/h3-6H,7-8H2,1-2H3,(H,15,16). The normalized spacial score (nSPS) is 11.2. The first-order chi connectivity index (χ1) is 7.45. The second-order valence-corrected chi connectivity index (χ2v) is 5.51. The lowest BCUT2D eigenvalue weighted by Gasteiger charge is -2.20. The smallest absolute Gasteiger partial charge is 0.227 e. The van der Waals surface area contributed by atoms with Gasteiger partial charge in [0, 0.05) is 16.9 Å². The Labute approximate surface area is 110 Å². The van der Waals surface area contributed by atoms with Crippen LogP contribution in [0.1, 0.15) is 19.4 Å². The van der Waals surface area contributed by atoms with Gasteiger partial charge in [-0.2, -0.15) is 0 Å². The van der Waals surface area contributed by atoms with Crippen LogP contribution < -0.4 is 5.32 Å². The molecule has 0 unspecified atom stereocenters. The van der Waals surface area contributed by atoms with E-state index in [0.29, 0.717) is 12.4 Å². The summed E-state index contributed by atoms with van der Waals surface area (Å²) in [5.74, 6) is 0.291. The van der Waals surface area contributed by atoms with Crippen LogP contribution in [0.2, 0.25) is 0 Å². The lowest BCUT2D eigenvalue weighted by Crippen LogP contribution is -2.37. The maximum Gasteiger partial charge on any atom is 0.227 e. The van der Waals surface area contributed by atoms with Crippen LogP contribution in [-0.2, 0) is 11.3 Å². The summed E-state index contributed by atoms with van der Waals surface area (Å²) in [6.07, 6.45) is 0. The minimum absolute atomic E-state index is 0.0255. The van der Waals surface area contributed by atoms with E-state index in [9.17, 15) is 4.79 Å². The largest absolute Gasteiger partial charge is 0.352 e. The van der Waals surface area contributed by atoms with E-state index in [2.05, 4.69) is 21.2 Å². The highest BCUT2D eigenvalue weighted by Gasteiger charge is 2.25. The number of hydrogen-bond acceptors (Lipinski definition) is 1. The maximum absolute atomic E-state index is 11.7. The second kappa shape index (κ2) is 5.69. The summed E-state index contributed by atoms with van der Waals surface area (Å²) < 4.78 is 1.01. The summed E-state index contributed by atoms with van der Waals surface area (Å²) in [7, 11) is 0. The minimum atomic E-state index is -0.520. The molecule has 0 saturated heterocycles. The van der Waals surface area contributed by atoms with Crippen molar-refractivity contribution in [3.05, 3.63) is 34.3 Å². The molecule has 1 aromatic rings. The molecule has 4 heteroatoms. The molecule has 1 N–H and O–H groups in total. The van der Waals surface area contributed by atoms with E-state index in [1.165, 1.54) is 0 Å². The fourth-order valence-electron chi connectivity index (χ4n) is 1.13. The monoisotopic (exact) mass is 303 g/mol. The number of benzene rings is 1. The van der Waals surface area contributed by atoms with Crippen molar-refractivity contribution in [2.24, 2.45) is 5.41 Å². The van der Waals surface area contributed by atoms with Crippen molar-refractivity contribution in [1.82, 2.24) is 5.32 Å². The summed E-state index contributed by atoms with van der Waals surface area (Å²) in [5.41, 5.74) is 0.543. The topological polar surface area (TPSA) is 29.1 Å². The van der Waals surface area contributed by atoms with E-state index in [0.717, 1.165) is 10.0 Å². The van der Waals surface area contributed by atoms with Gasteiger partial charge < -0.3 is 5.32 Å². The molecule has 0 aliphatic rings. The third-order valence-electron chi connectivity index (χ3n) is 2.29. The predicted octanol–water partition coefficient (Wildman–Crippen LogP) is 3.33. The Kier molecular flexibility index (Phi) is 4.81. The summed E-state index contributed by atoms with van der Waals surface area (Å²) in [4.78, 5) is 11.7. The van der Waals surface area contributed by atoms with E-state index in [4.69, 9.17) is 11.6 Å². The van der Waals surface area contributed by atoms with E-state index in [1.54, 1.807) is 0 Å². The van der Waals surface area contributed by atoms with Gasteiger partial charge in [-0.1, -0.05) is 28.1 Å². The number of carbonyl (C=O) groups is 1. The van der Waals surface area contributed by atoms with Crippen molar-refractivity contribution >= 4 is 33.4 Å². The van der Waals surface area contributed by atoms with Gasteiger partial charge in [0.05, 0.1) is 5.41 Å². The van der Waals surface area contributed by atoms with E-state index >= 15 is 0 Å². The number of alkyl halides is 1. The Morgan fingerprint density at radius 3 is 2.75 bits per heavy atom. The molecule has 1 aromatic carbocycles. The Bertz CT molecular complexity index is 379. The number of hydrogen-bond donors (Lipinski definition) is 1. The van der Waals surface area contributed by atoms with Crippen LogP contribution in [0.25, 0.3) is 0 Å². The zero-order chi connectivity index (χ0) is 12.2. The van der Waals surface area contributed by atoms with E-state index in [-0.39, 0.29) is 5.91 Å². The van der Waals surface area contributed by atoms with Crippen LogP contribution in [-0.4, -0.2) is 11.8 Å². The second-order valence-electron chi connectivity index (χ2n) is 4.33. The van der Waals surface area contributed by atoms with Crippen molar-refractivity contribution in [3.8, 4) is 0 Å². The van der Waals surface area contributed by atoms with Crippen molar-refractivity contribution in [1.29, 1.82) is 0 Å². The number of nitrogens with one attached hydrogen (secondary N) is 1. The molecule has 1 amide bonds. The fraction of sp³-hybridized carbons (Fsp3) is 0.417. The van der Waals surface area contributed by atoms with Gasteiger partial charge in [-0.3, -0.25) is 4.79 Å². The molecule has 16 heavy (non-hydrogen) atoms. The summed E-state index contributed by atoms with van der Waals surface area (Å²) in [5, 5.41) is 2.87. The minimum Gasteiger partial charge on any atom is -0.352 e. The molecule has 0 fully saturated rings. The van der Waals surface area contributed by atoms with Gasteiger partial charge in [0.25, 0.3) is 0 Å². The number of halogens is 2. The van der Waals surface area contributed by atoms with Gasteiger partial charge in [0.15, 0.2) is 0 Å². The summed E-state index contributed by atoms with van der Waals surface area (Å²) in [6, 6.07) is 7.85. The van der Waals surface area contributed by atoms with Gasteiger partial charge in [0.2, 0.25) is 5.91 Å². The third-order valence-corrected chi connectivity index (χ3v) is 3.45. The highest BCUT2D eigenvalue weighted by atomic mass is 79.9. The van der Waals surface area contributed by atoms with Gasteiger partial charge in [-0.25, -0.2) is 0 Å². The first kappa shape index (κ1) is 13.5. The molecule has 0 aliphatic carbocycles. The van der Waals surface area contributed by atoms with Crippen LogP contribution in [0, 0.1) is 5.41 Å². The van der Waals surface area contributed by atoms with Crippen LogP contribution in [0.5, 0.6) is 0 Å². The van der Waals surface area contributed by atoms with Crippen molar-refractivity contribution in [2.75, 3.05) is 5.88 Å². The summed E-state index contributed by atoms with van der Waals surface area (Å²) in [6.45, 7) is 4.19. The van der Waals surface area contributed by atoms with Gasteiger partial charge in [-0.15, -0.1) is 11.6 Å². The lowest BCUT2D eigenvalue weighted by molar-refractivity contribution is -0.128. The Hall–Kier alpha value is -0.540. The zero-order valence-electron chi connectivity index (χ0n) is 9.39. The van der Waals surface area contributed by atoms with Crippen LogP contribution in [0.4, 0.5) is 0 Å². The van der Waals surface area contributed by atoms with Crippen molar-refractivity contribution in [3.63, 3.8) is 0 Å². The molecule has 2 nitrogen and oxygen atoms in total. The van der Waals surface area contributed by atoms with Gasteiger partial charge >= 0.3 is 0 Å². The molecule has 88 valence electrons. The van der Waals surface area contributed by atoms with E-state index < -0.39 is 5.41 Å². The van der Waals surface area contributed by atoms with Gasteiger partial charge in [-0.05, 0) is 31.5 Å². The number of carbonyl (C=O) groups excluding carboxylic acids is 1. The third kappa shape index (κ3) is 3.80.